The summed E-state index contributed by atoms with van der Waals surface area (Å²) in [4.78, 5) is 11.8. The number of ether oxygens (including phenoxy) is 1. The molecule has 0 aromatic heterocycles. The van der Waals surface area contributed by atoms with Gasteiger partial charge in [0.25, 0.3) is 5.91 Å². The second-order valence-corrected chi connectivity index (χ2v) is 5.33. The van der Waals surface area contributed by atoms with Crippen LogP contribution in [-0.4, -0.2) is 23.8 Å². The van der Waals surface area contributed by atoms with Crippen molar-refractivity contribution in [3.63, 3.8) is 0 Å². The van der Waals surface area contributed by atoms with Crippen LogP contribution in [0.4, 0.5) is 0 Å². The highest BCUT2D eigenvalue weighted by atomic mass is 16.5. The number of nitrogens with one attached hydrogen (secondary N) is 1. The molecule has 0 bridgehead atoms. The second kappa shape index (κ2) is 7.98. The second-order valence-electron chi connectivity index (χ2n) is 5.33. The molecule has 0 spiro atoms. The minimum absolute atomic E-state index is 0.104. The average molecular weight is 312 g/mol. The summed E-state index contributed by atoms with van der Waals surface area (Å²) in [7, 11) is 0. The smallest absolute Gasteiger partial charge is 0.277 e. The van der Waals surface area contributed by atoms with E-state index in [0.717, 1.165) is 5.56 Å². The summed E-state index contributed by atoms with van der Waals surface area (Å²) in [6.45, 7) is 4.01. The Labute approximate surface area is 135 Å². The third-order valence-electron chi connectivity index (χ3n) is 3.23. The first-order valence-electron chi connectivity index (χ1n) is 7.39. The van der Waals surface area contributed by atoms with Crippen molar-refractivity contribution in [2.24, 2.45) is 5.10 Å². The molecule has 0 saturated carbocycles. The Bertz CT molecular complexity index is 696. The van der Waals surface area contributed by atoms with Crippen LogP contribution < -0.4 is 10.2 Å². The molecule has 0 unspecified atom stereocenters. The van der Waals surface area contributed by atoms with E-state index < -0.39 is 0 Å². The molecule has 2 rings (SSSR count). The summed E-state index contributed by atoms with van der Waals surface area (Å²) in [5.74, 6) is 0.749. The van der Waals surface area contributed by atoms with Gasteiger partial charge in [-0.3, -0.25) is 4.79 Å². The number of carbonyl (C=O) groups is 1. The number of rotatable bonds is 6. The van der Waals surface area contributed by atoms with E-state index in [-0.39, 0.29) is 18.3 Å². The number of amides is 1. The molecule has 0 fully saturated rings. The molecule has 0 aliphatic rings. The van der Waals surface area contributed by atoms with Crippen LogP contribution in [0.15, 0.2) is 53.6 Å². The highest BCUT2D eigenvalue weighted by molar-refractivity contribution is 5.85. The lowest BCUT2D eigenvalue weighted by Crippen LogP contribution is -2.24. The minimum Gasteiger partial charge on any atom is -0.507 e. The zero-order chi connectivity index (χ0) is 16.7. The lowest BCUT2D eigenvalue weighted by Gasteiger charge is -2.12. The van der Waals surface area contributed by atoms with E-state index in [1.807, 2.05) is 24.3 Å². The van der Waals surface area contributed by atoms with Gasteiger partial charge >= 0.3 is 0 Å². The van der Waals surface area contributed by atoms with E-state index in [2.05, 4.69) is 24.4 Å². The van der Waals surface area contributed by atoms with Gasteiger partial charge in [-0.25, -0.2) is 5.43 Å². The number of phenols is 1. The monoisotopic (exact) mass is 312 g/mol. The highest BCUT2D eigenvalue weighted by Gasteiger charge is 2.08. The molecule has 0 atom stereocenters. The first kappa shape index (κ1) is 16.5. The van der Waals surface area contributed by atoms with Crippen LogP contribution in [0.2, 0.25) is 0 Å². The molecular weight excluding hydrogens is 292 g/mol. The maximum atomic E-state index is 11.8. The van der Waals surface area contributed by atoms with Crippen molar-refractivity contribution in [1.29, 1.82) is 0 Å². The molecule has 0 radical (unpaired) electrons. The van der Waals surface area contributed by atoms with Crippen molar-refractivity contribution in [2.75, 3.05) is 6.61 Å². The molecule has 5 nitrogen and oxygen atoms in total. The van der Waals surface area contributed by atoms with Crippen molar-refractivity contribution < 1.29 is 14.6 Å². The van der Waals surface area contributed by atoms with Gasteiger partial charge in [0.15, 0.2) is 6.61 Å². The number of carbonyl (C=O) groups excluding carboxylic acids is 1. The first-order valence-corrected chi connectivity index (χ1v) is 7.39. The molecular formula is C18H20N2O3. The van der Waals surface area contributed by atoms with Crippen molar-refractivity contribution in [2.45, 2.75) is 19.8 Å². The Morgan fingerprint density at radius 1 is 1.22 bits per heavy atom. The van der Waals surface area contributed by atoms with Crippen LogP contribution >= 0.6 is 0 Å². The lowest BCUT2D eigenvalue weighted by atomic mass is 10.0. The largest absolute Gasteiger partial charge is 0.507 e. The summed E-state index contributed by atoms with van der Waals surface area (Å²) < 4.78 is 5.55. The molecule has 2 N–H and O–H groups in total. The van der Waals surface area contributed by atoms with Gasteiger partial charge in [-0.1, -0.05) is 44.2 Å². The number of benzene rings is 2. The third kappa shape index (κ3) is 4.85. The van der Waals surface area contributed by atoms with Crippen molar-refractivity contribution in [3.05, 3.63) is 59.7 Å². The Kier molecular flexibility index (Phi) is 5.74. The summed E-state index contributed by atoms with van der Waals surface area (Å²) in [6, 6.07) is 14.4. The number of para-hydroxylation sites is 2. The third-order valence-corrected chi connectivity index (χ3v) is 3.23. The van der Waals surface area contributed by atoms with Gasteiger partial charge in [0.05, 0.1) is 6.21 Å². The zero-order valence-electron chi connectivity index (χ0n) is 13.2. The molecule has 1 amide bonds. The Morgan fingerprint density at radius 2 is 1.91 bits per heavy atom. The number of hydrogen-bond donors (Lipinski definition) is 2. The maximum Gasteiger partial charge on any atom is 0.277 e. The molecule has 2 aromatic rings. The summed E-state index contributed by atoms with van der Waals surface area (Å²) in [6.07, 6.45) is 1.38. The standard InChI is InChI=1S/C18H20N2O3/c1-13(2)15-8-4-6-10-17(15)23-12-18(22)20-19-11-14-7-3-5-9-16(14)21/h3-11,13,21H,12H2,1-2H3,(H,20,22). The van der Waals surface area contributed by atoms with Crippen LogP contribution in [0.5, 0.6) is 11.5 Å². The van der Waals surface area contributed by atoms with Gasteiger partial charge in [-0.15, -0.1) is 0 Å². The lowest BCUT2D eigenvalue weighted by molar-refractivity contribution is -0.123. The fraction of sp³-hybridized carbons (Fsp3) is 0.222. The van der Waals surface area contributed by atoms with Crippen LogP contribution in [0.25, 0.3) is 0 Å². The van der Waals surface area contributed by atoms with E-state index >= 15 is 0 Å². The average Bonchev–Trinajstić information content (AvgIpc) is 2.55. The van der Waals surface area contributed by atoms with Gasteiger partial charge in [0.2, 0.25) is 0 Å². The summed E-state index contributed by atoms with van der Waals surface area (Å²) in [5, 5.41) is 13.4. The number of hydrogen-bond acceptors (Lipinski definition) is 4. The Hall–Kier alpha value is -2.82. The molecule has 23 heavy (non-hydrogen) atoms. The van der Waals surface area contributed by atoms with Gasteiger partial charge in [0.1, 0.15) is 11.5 Å². The predicted molar refractivity (Wildman–Crippen MR) is 89.9 cm³/mol. The predicted octanol–water partition coefficient (Wildman–Crippen LogP) is 3.04. The zero-order valence-corrected chi connectivity index (χ0v) is 13.2. The van der Waals surface area contributed by atoms with Crippen LogP contribution in [0.3, 0.4) is 0 Å². The van der Waals surface area contributed by atoms with Crippen molar-refractivity contribution in [3.8, 4) is 11.5 Å². The first-order chi connectivity index (χ1) is 11.1. The Balaban J connectivity index is 1.88. The molecule has 0 saturated heterocycles. The molecule has 0 aliphatic heterocycles. The number of phenolic OH excluding ortho intramolecular Hbond substituents is 1. The normalized spacial score (nSPS) is 10.9. The van der Waals surface area contributed by atoms with E-state index in [4.69, 9.17) is 4.74 Å². The van der Waals surface area contributed by atoms with Crippen LogP contribution in [0.1, 0.15) is 30.9 Å². The van der Waals surface area contributed by atoms with Gasteiger partial charge in [0, 0.05) is 5.56 Å². The molecule has 0 aliphatic carbocycles. The van der Waals surface area contributed by atoms with Gasteiger partial charge < -0.3 is 9.84 Å². The van der Waals surface area contributed by atoms with Gasteiger partial charge in [-0.2, -0.15) is 5.10 Å². The molecule has 0 heterocycles. The summed E-state index contributed by atoms with van der Waals surface area (Å²) >= 11 is 0. The maximum absolute atomic E-state index is 11.8. The Morgan fingerprint density at radius 3 is 2.65 bits per heavy atom. The highest BCUT2D eigenvalue weighted by Crippen LogP contribution is 2.25. The molecule has 120 valence electrons. The topological polar surface area (TPSA) is 70.9 Å². The number of aromatic hydroxyl groups is 1. The van der Waals surface area contributed by atoms with Gasteiger partial charge in [-0.05, 0) is 29.7 Å². The fourth-order valence-corrected chi connectivity index (χ4v) is 2.04. The van der Waals surface area contributed by atoms with Crippen molar-refractivity contribution >= 4 is 12.1 Å². The van der Waals surface area contributed by atoms with E-state index in [0.29, 0.717) is 17.2 Å². The number of hydrazone groups is 1. The van der Waals surface area contributed by atoms with E-state index in [9.17, 15) is 9.90 Å². The summed E-state index contributed by atoms with van der Waals surface area (Å²) in [5.41, 5.74) is 3.95. The molecule has 2 aromatic carbocycles. The van der Waals surface area contributed by atoms with E-state index in [1.54, 1.807) is 24.3 Å². The number of nitrogens with zero attached hydrogens (tertiary/aromatic N) is 1. The van der Waals surface area contributed by atoms with E-state index in [1.165, 1.54) is 6.21 Å². The van der Waals surface area contributed by atoms with Crippen LogP contribution in [-0.2, 0) is 4.79 Å². The quantitative estimate of drug-likeness (QED) is 0.636. The minimum atomic E-state index is -0.366. The van der Waals surface area contributed by atoms with Crippen LogP contribution in [0, 0.1) is 0 Å². The fourth-order valence-electron chi connectivity index (χ4n) is 2.04. The SMILES string of the molecule is CC(C)c1ccccc1OCC(=O)NN=Cc1ccccc1O. The van der Waals surface area contributed by atoms with Crippen molar-refractivity contribution in [1.82, 2.24) is 5.43 Å². The molecule has 5 heteroatoms.